The highest BCUT2D eigenvalue weighted by Crippen LogP contribution is 2.47. The predicted octanol–water partition coefficient (Wildman–Crippen LogP) is 4.75. The third kappa shape index (κ3) is 1.98. The average Bonchev–Trinajstić information content (AvgIpc) is 2.80. The molecule has 0 N–H and O–H groups in total. The van der Waals surface area contributed by atoms with Crippen molar-refractivity contribution in [2.45, 2.75) is 38.0 Å². The minimum Gasteiger partial charge on any atom is -0.294 e. The number of fused-ring (bicyclic) bond motifs is 1. The number of rotatable bonds is 4. The van der Waals surface area contributed by atoms with Crippen LogP contribution in [0.1, 0.15) is 54.1 Å². The first-order chi connectivity index (χ1) is 9.78. The Morgan fingerprint density at radius 2 is 1.70 bits per heavy atom. The van der Waals surface area contributed by atoms with Crippen LogP contribution < -0.4 is 0 Å². The number of benzene rings is 2. The summed E-state index contributed by atoms with van der Waals surface area (Å²) in [5.41, 5.74) is 3.33. The molecular formula is C19H20O. The molecule has 1 atom stereocenters. The number of Topliss-reactive ketones (excluding diaryl/α,β-unsaturated/α-hetero) is 1. The molecule has 0 aliphatic heterocycles. The number of unbranched alkanes of at least 4 members (excludes halogenated alkanes) is 1. The van der Waals surface area contributed by atoms with Gasteiger partial charge in [0.15, 0.2) is 5.78 Å². The number of carbonyl (C=O) groups excluding carboxylic acids is 1. The first-order valence-electron chi connectivity index (χ1n) is 7.46. The zero-order chi connectivity index (χ0) is 14.0. The fourth-order valence-electron chi connectivity index (χ4n) is 3.47. The summed E-state index contributed by atoms with van der Waals surface area (Å²) in [5, 5.41) is 0. The third-order valence-corrected chi connectivity index (χ3v) is 4.49. The van der Waals surface area contributed by atoms with E-state index in [2.05, 4.69) is 43.3 Å². The molecular weight excluding hydrogens is 244 g/mol. The van der Waals surface area contributed by atoms with Crippen LogP contribution in [0.2, 0.25) is 0 Å². The summed E-state index contributed by atoms with van der Waals surface area (Å²) in [5.74, 6) is 0.292. The maximum atomic E-state index is 12.4. The Bertz CT molecular complexity index is 615. The van der Waals surface area contributed by atoms with Crippen molar-refractivity contribution in [3.05, 3.63) is 71.3 Å². The third-order valence-electron chi connectivity index (χ3n) is 4.49. The van der Waals surface area contributed by atoms with Gasteiger partial charge in [0.2, 0.25) is 0 Å². The number of carbonyl (C=O) groups is 1. The van der Waals surface area contributed by atoms with Crippen LogP contribution in [-0.4, -0.2) is 5.78 Å². The first kappa shape index (κ1) is 13.1. The van der Waals surface area contributed by atoms with E-state index in [0.29, 0.717) is 12.2 Å². The lowest BCUT2D eigenvalue weighted by atomic mass is 9.72. The zero-order valence-corrected chi connectivity index (χ0v) is 11.9. The second-order valence-corrected chi connectivity index (χ2v) is 5.70. The molecule has 0 amide bonds. The van der Waals surface area contributed by atoms with E-state index >= 15 is 0 Å². The topological polar surface area (TPSA) is 17.1 Å². The molecule has 3 rings (SSSR count). The van der Waals surface area contributed by atoms with Crippen LogP contribution in [0.25, 0.3) is 0 Å². The Labute approximate surface area is 120 Å². The van der Waals surface area contributed by atoms with Gasteiger partial charge in [0.1, 0.15) is 0 Å². The maximum absolute atomic E-state index is 12.4. The Kier molecular flexibility index (Phi) is 3.43. The summed E-state index contributed by atoms with van der Waals surface area (Å²) in [7, 11) is 0. The summed E-state index contributed by atoms with van der Waals surface area (Å²) in [6.07, 6.45) is 3.98. The summed E-state index contributed by atoms with van der Waals surface area (Å²) < 4.78 is 0. The molecule has 1 aliphatic carbocycles. The van der Waals surface area contributed by atoms with Crippen LogP contribution in [0.5, 0.6) is 0 Å². The van der Waals surface area contributed by atoms with E-state index in [4.69, 9.17) is 0 Å². The van der Waals surface area contributed by atoms with Gasteiger partial charge in [-0.1, -0.05) is 74.4 Å². The standard InChI is InChI=1S/C19H20O/c1-2-3-13-19(15-9-5-4-6-10-15)14-18(20)16-11-7-8-12-17(16)19/h4-12H,2-3,13-14H2,1H3. The molecule has 1 nitrogen and oxygen atoms in total. The van der Waals surface area contributed by atoms with Crippen molar-refractivity contribution in [3.63, 3.8) is 0 Å². The van der Waals surface area contributed by atoms with E-state index < -0.39 is 0 Å². The summed E-state index contributed by atoms with van der Waals surface area (Å²) in [4.78, 5) is 12.4. The van der Waals surface area contributed by atoms with Crippen LogP contribution in [-0.2, 0) is 5.41 Å². The molecule has 102 valence electrons. The summed E-state index contributed by atoms with van der Waals surface area (Å²) in [6, 6.07) is 18.7. The van der Waals surface area contributed by atoms with Crippen LogP contribution in [0.3, 0.4) is 0 Å². The SMILES string of the molecule is CCCCC1(c2ccccc2)CC(=O)c2ccccc21. The molecule has 0 radical (unpaired) electrons. The molecule has 0 aromatic heterocycles. The Morgan fingerprint density at radius 1 is 1.00 bits per heavy atom. The number of hydrogen-bond acceptors (Lipinski definition) is 1. The molecule has 1 aliphatic rings. The normalized spacial score (nSPS) is 20.9. The van der Waals surface area contributed by atoms with E-state index in [0.717, 1.165) is 24.8 Å². The van der Waals surface area contributed by atoms with Gasteiger partial charge in [-0.25, -0.2) is 0 Å². The Hall–Kier alpha value is -1.89. The zero-order valence-electron chi connectivity index (χ0n) is 11.9. The van der Waals surface area contributed by atoms with E-state index in [1.165, 1.54) is 11.1 Å². The largest absolute Gasteiger partial charge is 0.294 e. The van der Waals surface area contributed by atoms with Crippen molar-refractivity contribution >= 4 is 5.78 Å². The van der Waals surface area contributed by atoms with Crippen molar-refractivity contribution in [2.75, 3.05) is 0 Å². The van der Waals surface area contributed by atoms with E-state index in [1.807, 2.05) is 18.2 Å². The highest BCUT2D eigenvalue weighted by Gasteiger charge is 2.43. The molecule has 20 heavy (non-hydrogen) atoms. The van der Waals surface area contributed by atoms with Gasteiger partial charge in [0.05, 0.1) is 0 Å². The predicted molar refractivity (Wildman–Crippen MR) is 82.1 cm³/mol. The lowest BCUT2D eigenvalue weighted by Crippen LogP contribution is -2.25. The van der Waals surface area contributed by atoms with Crippen LogP contribution in [0, 0.1) is 0 Å². The molecule has 2 aromatic carbocycles. The number of ketones is 1. The van der Waals surface area contributed by atoms with Gasteiger partial charge in [-0.2, -0.15) is 0 Å². The van der Waals surface area contributed by atoms with Gasteiger partial charge < -0.3 is 0 Å². The smallest absolute Gasteiger partial charge is 0.164 e. The van der Waals surface area contributed by atoms with Gasteiger partial charge in [-0.15, -0.1) is 0 Å². The molecule has 0 heterocycles. The minimum absolute atomic E-state index is 0.106. The number of hydrogen-bond donors (Lipinski definition) is 0. The molecule has 0 saturated heterocycles. The fraction of sp³-hybridized carbons (Fsp3) is 0.316. The lowest BCUT2D eigenvalue weighted by Gasteiger charge is -2.30. The average molecular weight is 264 g/mol. The van der Waals surface area contributed by atoms with Gasteiger partial charge in [0, 0.05) is 17.4 Å². The lowest BCUT2D eigenvalue weighted by molar-refractivity contribution is 0.0977. The van der Waals surface area contributed by atoms with E-state index in [9.17, 15) is 4.79 Å². The van der Waals surface area contributed by atoms with Crippen molar-refractivity contribution in [3.8, 4) is 0 Å². The van der Waals surface area contributed by atoms with Crippen LogP contribution in [0.4, 0.5) is 0 Å². The molecule has 2 aromatic rings. The maximum Gasteiger partial charge on any atom is 0.164 e. The van der Waals surface area contributed by atoms with Crippen LogP contribution >= 0.6 is 0 Å². The second-order valence-electron chi connectivity index (χ2n) is 5.70. The van der Waals surface area contributed by atoms with Gasteiger partial charge in [-0.05, 0) is 17.5 Å². The van der Waals surface area contributed by atoms with Gasteiger partial charge >= 0.3 is 0 Å². The highest BCUT2D eigenvalue weighted by molar-refractivity contribution is 6.03. The van der Waals surface area contributed by atoms with Crippen LogP contribution in [0.15, 0.2) is 54.6 Å². The minimum atomic E-state index is -0.106. The first-order valence-corrected chi connectivity index (χ1v) is 7.46. The monoisotopic (exact) mass is 264 g/mol. The van der Waals surface area contributed by atoms with Crippen molar-refractivity contribution in [2.24, 2.45) is 0 Å². The Morgan fingerprint density at radius 3 is 2.45 bits per heavy atom. The van der Waals surface area contributed by atoms with Crippen molar-refractivity contribution < 1.29 is 4.79 Å². The molecule has 0 bridgehead atoms. The molecule has 0 saturated carbocycles. The quantitative estimate of drug-likeness (QED) is 0.779. The van der Waals surface area contributed by atoms with Crippen molar-refractivity contribution in [1.82, 2.24) is 0 Å². The summed E-state index contributed by atoms with van der Waals surface area (Å²) in [6.45, 7) is 2.21. The second kappa shape index (κ2) is 5.24. The molecule has 1 unspecified atom stereocenters. The molecule has 1 heteroatoms. The van der Waals surface area contributed by atoms with E-state index in [-0.39, 0.29) is 5.41 Å². The summed E-state index contributed by atoms with van der Waals surface area (Å²) >= 11 is 0. The van der Waals surface area contributed by atoms with Crippen molar-refractivity contribution in [1.29, 1.82) is 0 Å². The highest BCUT2D eigenvalue weighted by atomic mass is 16.1. The van der Waals surface area contributed by atoms with Gasteiger partial charge in [-0.3, -0.25) is 4.79 Å². The van der Waals surface area contributed by atoms with E-state index in [1.54, 1.807) is 0 Å². The molecule has 0 fully saturated rings. The fourth-order valence-corrected chi connectivity index (χ4v) is 3.47. The van der Waals surface area contributed by atoms with Gasteiger partial charge in [0.25, 0.3) is 0 Å². The Balaban J connectivity index is 2.16. The molecule has 0 spiro atoms.